The van der Waals surface area contributed by atoms with Crippen molar-refractivity contribution >= 4 is 11.7 Å². The fourth-order valence-corrected chi connectivity index (χ4v) is 3.35. The van der Waals surface area contributed by atoms with Gasteiger partial charge in [-0.1, -0.05) is 18.2 Å². The number of piperidine rings is 1. The number of anilines is 1. The van der Waals surface area contributed by atoms with Crippen LogP contribution < -0.4 is 16.0 Å². The summed E-state index contributed by atoms with van der Waals surface area (Å²) in [4.78, 5) is 12.0. The molecule has 0 unspecified atom stereocenters. The second-order valence-electron chi connectivity index (χ2n) is 6.72. The maximum Gasteiger partial charge on any atom is 0.319 e. The zero-order valence-corrected chi connectivity index (χ0v) is 14.5. The van der Waals surface area contributed by atoms with Gasteiger partial charge in [-0.3, -0.25) is 0 Å². The van der Waals surface area contributed by atoms with Crippen LogP contribution in [0.15, 0.2) is 48.5 Å². The molecule has 2 amide bonds. The summed E-state index contributed by atoms with van der Waals surface area (Å²) in [7, 11) is 0. The molecule has 6 heteroatoms. The van der Waals surface area contributed by atoms with Gasteiger partial charge in [0.25, 0.3) is 0 Å². The van der Waals surface area contributed by atoms with E-state index in [0.717, 1.165) is 31.4 Å². The summed E-state index contributed by atoms with van der Waals surface area (Å²) in [6.07, 6.45) is 2.91. The van der Waals surface area contributed by atoms with Crippen LogP contribution in [0.5, 0.6) is 0 Å². The Morgan fingerprint density at radius 2 is 1.92 bits per heavy atom. The van der Waals surface area contributed by atoms with E-state index >= 15 is 0 Å². The van der Waals surface area contributed by atoms with E-state index in [9.17, 15) is 13.6 Å². The van der Waals surface area contributed by atoms with Crippen LogP contribution in [0.4, 0.5) is 19.3 Å². The maximum atomic E-state index is 13.1. The molecule has 0 bridgehead atoms. The van der Waals surface area contributed by atoms with Crippen molar-refractivity contribution in [2.24, 2.45) is 5.92 Å². The van der Waals surface area contributed by atoms with E-state index in [1.165, 1.54) is 24.3 Å². The van der Waals surface area contributed by atoms with Gasteiger partial charge in [-0.05, 0) is 67.6 Å². The SMILES string of the molecule is O=C(NC[C@@H]1C[C@@H](Cc2ccc(F)cc2)CCN1)Nc1cccc(F)c1. The number of halogens is 2. The molecular formula is C20H23F2N3O. The highest BCUT2D eigenvalue weighted by atomic mass is 19.1. The fraction of sp³-hybridized carbons (Fsp3) is 0.350. The Morgan fingerprint density at radius 3 is 2.69 bits per heavy atom. The number of amides is 2. The van der Waals surface area contributed by atoms with Crippen molar-refractivity contribution in [1.29, 1.82) is 0 Å². The predicted molar refractivity (Wildman–Crippen MR) is 98.0 cm³/mol. The molecule has 2 atom stereocenters. The minimum Gasteiger partial charge on any atom is -0.336 e. The zero-order valence-electron chi connectivity index (χ0n) is 14.5. The van der Waals surface area contributed by atoms with Gasteiger partial charge in [-0.25, -0.2) is 13.6 Å². The number of urea groups is 1. The molecule has 1 aliphatic heterocycles. The Morgan fingerprint density at radius 1 is 1.12 bits per heavy atom. The summed E-state index contributed by atoms with van der Waals surface area (Å²) in [6.45, 7) is 1.39. The third kappa shape index (κ3) is 5.52. The number of carbonyl (C=O) groups excluding carboxylic acids is 1. The Kier molecular flexibility index (Phi) is 6.17. The van der Waals surface area contributed by atoms with Crippen LogP contribution in [0.3, 0.4) is 0 Å². The molecule has 0 aromatic heterocycles. The number of benzene rings is 2. The van der Waals surface area contributed by atoms with Crippen LogP contribution in [0, 0.1) is 17.6 Å². The zero-order chi connectivity index (χ0) is 18.4. The third-order valence-electron chi connectivity index (χ3n) is 4.63. The lowest BCUT2D eigenvalue weighted by Crippen LogP contribution is -2.47. The molecule has 138 valence electrons. The van der Waals surface area contributed by atoms with Crippen LogP contribution in [-0.2, 0) is 6.42 Å². The minimum absolute atomic E-state index is 0.187. The van der Waals surface area contributed by atoms with Gasteiger partial charge in [-0.15, -0.1) is 0 Å². The second-order valence-corrected chi connectivity index (χ2v) is 6.72. The van der Waals surface area contributed by atoms with Crippen LogP contribution >= 0.6 is 0 Å². The lowest BCUT2D eigenvalue weighted by Gasteiger charge is -2.30. The van der Waals surface area contributed by atoms with Gasteiger partial charge in [0.05, 0.1) is 0 Å². The molecule has 0 radical (unpaired) electrons. The van der Waals surface area contributed by atoms with Crippen LogP contribution in [0.25, 0.3) is 0 Å². The molecule has 1 heterocycles. The highest BCUT2D eigenvalue weighted by Gasteiger charge is 2.22. The van der Waals surface area contributed by atoms with E-state index in [1.807, 2.05) is 12.1 Å². The highest BCUT2D eigenvalue weighted by molar-refractivity contribution is 5.89. The molecule has 3 rings (SSSR count). The van der Waals surface area contributed by atoms with Crippen LogP contribution in [0.2, 0.25) is 0 Å². The van der Waals surface area contributed by atoms with E-state index in [-0.39, 0.29) is 23.7 Å². The monoisotopic (exact) mass is 359 g/mol. The van der Waals surface area contributed by atoms with Crippen molar-refractivity contribution in [1.82, 2.24) is 10.6 Å². The first-order valence-corrected chi connectivity index (χ1v) is 8.87. The lowest BCUT2D eigenvalue weighted by molar-refractivity contribution is 0.246. The van der Waals surface area contributed by atoms with Gasteiger partial charge in [-0.2, -0.15) is 0 Å². The smallest absolute Gasteiger partial charge is 0.319 e. The average molecular weight is 359 g/mol. The Balaban J connectivity index is 1.44. The Bertz CT molecular complexity index is 736. The number of nitrogens with one attached hydrogen (secondary N) is 3. The first kappa shape index (κ1) is 18.3. The first-order chi connectivity index (χ1) is 12.6. The molecule has 1 saturated heterocycles. The standard InChI is InChI=1S/C20H23F2N3O/c21-16-6-4-14(5-7-16)10-15-8-9-23-19(11-15)13-24-20(26)25-18-3-1-2-17(22)12-18/h1-7,12,15,19,23H,8-11,13H2,(H2,24,25,26)/t15-,19+/m1/s1. The van der Waals surface area contributed by atoms with Gasteiger partial charge >= 0.3 is 6.03 Å². The molecule has 1 aliphatic rings. The number of rotatable bonds is 5. The molecule has 26 heavy (non-hydrogen) atoms. The van der Waals surface area contributed by atoms with Crippen molar-refractivity contribution in [2.75, 3.05) is 18.4 Å². The van der Waals surface area contributed by atoms with E-state index < -0.39 is 0 Å². The molecule has 0 saturated carbocycles. The largest absolute Gasteiger partial charge is 0.336 e. The number of carbonyl (C=O) groups is 1. The molecule has 0 spiro atoms. The molecule has 2 aromatic carbocycles. The summed E-state index contributed by atoms with van der Waals surface area (Å²) < 4.78 is 26.1. The average Bonchev–Trinajstić information content (AvgIpc) is 2.62. The molecular weight excluding hydrogens is 336 g/mol. The molecule has 0 aliphatic carbocycles. The quantitative estimate of drug-likeness (QED) is 0.762. The molecule has 1 fully saturated rings. The van der Waals surface area contributed by atoms with Gasteiger partial charge in [0.1, 0.15) is 11.6 Å². The normalized spacial score (nSPS) is 19.8. The van der Waals surface area contributed by atoms with E-state index in [0.29, 0.717) is 18.2 Å². The second kappa shape index (κ2) is 8.76. The summed E-state index contributed by atoms with van der Waals surface area (Å²) in [6, 6.07) is 12.3. The highest BCUT2D eigenvalue weighted by Crippen LogP contribution is 2.21. The third-order valence-corrected chi connectivity index (χ3v) is 4.63. The summed E-state index contributed by atoms with van der Waals surface area (Å²) in [5.41, 5.74) is 1.56. The van der Waals surface area contributed by atoms with Gasteiger partial charge < -0.3 is 16.0 Å². The number of hydrogen-bond acceptors (Lipinski definition) is 2. The maximum absolute atomic E-state index is 13.1. The van der Waals surface area contributed by atoms with E-state index in [2.05, 4.69) is 16.0 Å². The predicted octanol–water partition coefficient (Wildman–Crippen LogP) is 3.70. The van der Waals surface area contributed by atoms with Gasteiger partial charge in [0.15, 0.2) is 0 Å². The molecule has 2 aromatic rings. The van der Waals surface area contributed by atoms with Gasteiger partial charge in [0.2, 0.25) is 0 Å². The van der Waals surface area contributed by atoms with Crippen molar-refractivity contribution in [3.8, 4) is 0 Å². The summed E-state index contributed by atoms with van der Waals surface area (Å²) >= 11 is 0. The molecule has 3 N–H and O–H groups in total. The van der Waals surface area contributed by atoms with Crippen LogP contribution in [0.1, 0.15) is 18.4 Å². The van der Waals surface area contributed by atoms with Crippen molar-refractivity contribution < 1.29 is 13.6 Å². The first-order valence-electron chi connectivity index (χ1n) is 8.87. The number of hydrogen-bond donors (Lipinski definition) is 3. The Labute approximate surface area is 152 Å². The van der Waals surface area contributed by atoms with Crippen molar-refractivity contribution in [3.05, 3.63) is 65.7 Å². The van der Waals surface area contributed by atoms with E-state index in [4.69, 9.17) is 0 Å². The fourth-order valence-electron chi connectivity index (χ4n) is 3.35. The summed E-state index contributed by atoms with van der Waals surface area (Å²) in [5, 5.41) is 8.86. The van der Waals surface area contributed by atoms with Crippen LogP contribution in [-0.4, -0.2) is 25.2 Å². The Hall–Kier alpha value is -2.47. The summed E-state index contributed by atoms with van der Waals surface area (Å²) in [5.74, 6) is -0.106. The van der Waals surface area contributed by atoms with Crippen molar-refractivity contribution in [2.45, 2.75) is 25.3 Å². The van der Waals surface area contributed by atoms with E-state index in [1.54, 1.807) is 12.1 Å². The topological polar surface area (TPSA) is 53.2 Å². The molecule has 4 nitrogen and oxygen atoms in total. The van der Waals surface area contributed by atoms with Gasteiger partial charge in [0, 0.05) is 18.3 Å². The lowest BCUT2D eigenvalue weighted by atomic mass is 9.87. The van der Waals surface area contributed by atoms with Crippen molar-refractivity contribution in [3.63, 3.8) is 0 Å². The minimum atomic E-state index is -0.389.